The molecule has 0 saturated carbocycles. The fraction of sp³-hybridized carbons (Fsp3) is 0.414. The molecule has 0 aliphatic carbocycles. The van der Waals surface area contributed by atoms with E-state index in [0.717, 1.165) is 29.5 Å². The Bertz CT molecular complexity index is 1530. The maximum Gasteiger partial charge on any atom is 0.243 e. The van der Waals surface area contributed by atoms with E-state index in [1.54, 1.807) is 53.7 Å². The van der Waals surface area contributed by atoms with Crippen molar-refractivity contribution in [3.63, 3.8) is 0 Å². The fourth-order valence-corrected chi connectivity index (χ4v) is 7.98. The number of nitrogens with two attached hydrogens (primary N) is 1. The van der Waals surface area contributed by atoms with E-state index in [1.807, 2.05) is 12.1 Å². The summed E-state index contributed by atoms with van der Waals surface area (Å²) in [6.07, 6.45) is 5.97. The molecule has 4 heterocycles. The Labute approximate surface area is 239 Å². The van der Waals surface area contributed by atoms with Crippen LogP contribution < -0.4 is 10.6 Å². The van der Waals surface area contributed by atoms with Crippen LogP contribution in [0, 0.1) is 6.92 Å². The molecule has 211 valence electrons. The molecule has 0 bridgehead atoms. The molecule has 3 aliphatic heterocycles. The number of benzene rings is 2. The molecule has 3 aliphatic rings. The third kappa shape index (κ3) is 4.65. The number of hydrogen-bond donors (Lipinski definition) is 1. The second kappa shape index (κ2) is 10.3. The number of anilines is 1. The zero-order valence-electron chi connectivity index (χ0n) is 22.2. The molecule has 2 aromatic carbocycles. The summed E-state index contributed by atoms with van der Waals surface area (Å²) in [6, 6.07) is 13.6. The van der Waals surface area contributed by atoms with Crippen molar-refractivity contribution < 1.29 is 17.9 Å². The van der Waals surface area contributed by atoms with Gasteiger partial charge in [-0.05, 0) is 66.4 Å². The summed E-state index contributed by atoms with van der Waals surface area (Å²) >= 11 is 6.11. The number of carbonyl (C=O) groups is 1. The van der Waals surface area contributed by atoms with Crippen LogP contribution in [0.25, 0.3) is 10.8 Å². The van der Waals surface area contributed by atoms with E-state index in [9.17, 15) is 13.2 Å². The molecule has 1 spiro atoms. The Balaban J connectivity index is 1.30. The SMILES string of the molecule is [CH2]CCC(N)C12CN(S(=O)(=O)c3ccc4cc(Cl)ccc4c3)CC(=O)N1CC1(CCN(c3ccncc3)CC1)O2. The minimum atomic E-state index is -4.02. The van der Waals surface area contributed by atoms with Crippen LogP contribution in [0.2, 0.25) is 5.02 Å². The van der Waals surface area contributed by atoms with E-state index >= 15 is 0 Å². The van der Waals surface area contributed by atoms with Crippen molar-refractivity contribution >= 4 is 44.0 Å². The van der Waals surface area contributed by atoms with Crippen molar-refractivity contribution in [3.8, 4) is 0 Å². The molecule has 6 rings (SSSR count). The number of amides is 1. The third-order valence-electron chi connectivity index (χ3n) is 8.52. The number of hydrogen-bond acceptors (Lipinski definition) is 7. The van der Waals surface area contributed by atoms with E-state index in [-0.39, 0.29) is 23.9 Å². The molecule has 1 aromatic heterocycles. The van der Waals surface area contributed by atoms with E-state index in [2.05, 4.69) is 16.8 Å². The number of ether oxygens (including phenoxy) is 1. The van der Waals surface area contributed by atoms with Gasteiger partial charge in [-0.2, -0.15) is 4.31 Å². The van der Waals surface area contributed by atoms with Gasteiger partial charge < -0.3 is 20.3 Å². The fourth-order valence-electron chi connectivity index (χ4n) is 6.35. The monoisotopic (exact) mass is 582 g/mol. The van der Waals surface area contributed by atoms with Gasteiger partial charge in [-0.25, -0.2) is 8.42 Å². The maximum atomic E-state index is 13.9. The van der Waals surface area contributed by atoms with Crippen LogP contribution in [0.4, 0.5) is 5.69 Å². The highest BCUT2D eigenvalue weighted by atomic mass is 35.5. The molecular weight excluding hydrogens is 550 g/mol. The molecule has 11 heteroatoms. The van der Waals surface area contributed by atoms with Crippen molar-refractivity contribution in [3.05, 3.63) is 72.9 Å². The van der Waals surface area contributed by atoms with Gasteiger partial charge in [0.25, 0.3) is 0 Å². The minimum absolute atomic E-state index is 0.0310. The van der Waals surface area contributed by atoms with Gasteiger partial charge in [0.15, 0.2) is 5.72 Å². The minimum Gasteiger partial charge on any atom is -0.371 e. The predicted molar refractivity (Wildman–Crippen MR) is 154 cm³/mol. The highest BCUT2D eigenvalue weighted by Gasteiger charge is 2.62. The molecule has 3 aromatic rings. The first kappa shape index (κ1) is 27.4. The topological polar surface area (TPSA) is 109 Å². The average molecular weight is 583 g/mol. The van der Waals surface area contributed by atoms with Crippen LogP contribution in [-0.4, -0.2) is 78.6 Å². The van der Waals surface area contributed by atoms with Crippen molar-refractivity contribution in [2.75, 3.05) is 37.6 Å². The first-order valence-corrected chi connectivity index (χ1v) is 15.4. The van der Waals surface area contributed by atoms with E-state index in [4.69, 9.17) is 22.1 Å². The Morgan fingerprint density at radius 1 is 1.05 bits per heavy atom. The first-order valence-electron chi connectivity index (χ1n) is 13.6. The molecule has 40 heavy (non-hydrogen) atoms. The number of rotatable bonds is 6. The number of pyridine rings is 1. The smallest absolute Gasteiger partial charge is 0.243 e. The Morgan fingerprint density at radius 3 is 2.48 bits per heavy atom. The van der Waals surface area contributed by atoms with Crippen molar-refractivity contribution in [2.24, 2.45) is 5.73 Å². The van der Waals surface area contributed by atoms with Gasteiger partial charge in [0.1, 0.15) is 0 Å². The van der Waals surface area contributed by atoms with Gasteiger partial charge in [-0.1, -0.05) is 37.1 Å². The summed E-state index contributed by atoms with van der Waals surface area (Å²) in [5.41, 5.74) is 5.96. The number of piperazine rings is 1. The van der Waals surface area contributed by atoms with E-state index in [1.165, 1.54) is 4.31 Å². The molecule has 2 unspecified atom stereocenters. The first-order chi connectivity index (χ1) is 19.2. The molecular formula is C29H33ClN5O4S. The van der Waals surface area contributed by atoms with Gasteiger partial charge in [0.2, 0.25) is 15.9 Å². The van der Waals surface area contributed by atoms with Gasteiger partial charge in [-0.3, -0.25) is 9.78 Å². The largest absolute Gasteiger partial charge is 0.371 e. The number of aromatic nitrogens is 1. The zero-order valence-corrected chi connectivity index (χ0v) is 23.8. The lowest BCUT2D eigenvalue weighted by molar-refractivity contribution is -0.186. The highest BCUT2D eigenvalue weighted by molar-refractivity contribution is 7.89. The second-order valence-corrected chi connectivity index (χ2v) is 13.4. The number of carbonyl (C=O) groups excluding carboxylic acids is 1. The molecule has 2 atom stereocenters. The lowest BCUT2D eigenvalue weighted by Crippen LogP contribution is -2.70. The quantitative estimate of drug-likeness (QED) is 0.474. The zero-order chi connectivity index (χ0) is 28.1. The summed E-state index contributed by atoms with van der Waals surface area (Å²) in [4.78, 5) is 21.9. The van der Waals surface area contributed by atoms with Gasteiger partial charge in [0, 0.05) is 36.2 Å². The Hall–Kier alpha value is -2.76. The van der Waals surface area contributed by atoms with Crippen molar-refractivity contribution in [1.29, 1.82) is 0 Å². The van der Waals surface area contributed by atoms with Crippen LogP contribution in [-0.2, 0) is 19.6 Å². The summed E-state index contributed by atoms with van der Waals surface area (Å²) in [5.74, 6) is -0.296. The normalized spacial score (nSPS) is 24.0. The van der Waals surface area contributed by atoms with Crippen molar-refractivity contribution in [2.45, 2.75) is 47.9 Å². The molecule has 2 N–H and O–H groups in total. The average Bonchev–Trinajstić information content (AvgIpc) is 3.29. The van der Waals surface area contributed by atoms with Crippen LogP contribution in [0.3, 0.4) is 0 Å². The van der Waals surface area contributed by atoms with Crippen molar-refractivity contribution in [1.82, 2.24) is 14.2 Å². The standard InChI is InChI=1S/C29H33ClN5O4S/c1-2-3-26(31)29-20-34(40(37,38)25-7-5-21-16-23(30)6-4-22(21)17-25)18-27(36)35(29)19-28(39-29)10-14-33(15-11-28)24-8-12-32-13-9-24/h4-9,12-13,16-17,26H,1-3,10-11,14-15,18-20,31H2. The lowest BCUT2D eigenvalue weighted by atomic mass is 9.91. The molecule has 1 radical (unpaired) electrons. The molecule has 1 amide bonds. The van der Waals surface area contributed by atoms with Crippen LogP contribution in [0.15, 0.2) is 65.8 Å². The van der Waals surface area contributed by atoms with E-state index < -0.39 is 27.4 Å². The summed E-state index contributed by atoms with van der Waals surface area (Å²) in [5, 5.41) is 2.15. The molecule has 3 fully saturated rings. The van der Waals surface area contributed by atoms with Crippen LogP contribution in [0.5, 0.6) is 0 Å². The summed E-state index contributed by atoms with van der Waals surface area (Å²) in [6.45, 7) is 5.55. The highest BCUT2D eigenvalue weighted by Crippen LogP contribution is 2.46. The van der Waals surface area contributed by atoms with Gasteiger partial charge in [0.05, 0.1) is 36.2 Å². The number of fused-ring (bicyclic) bond motifs is 2. The number of sulfonamides is 1. The third-order valence-corrected chi connectivity index (χ3v) is 10.5. The lowest BCUT2D eigenvalue weighted by Gasteiger charge is -2.48. The summed E-state index contributed by atoms with van der Waals surface area (Å²) in [7, 11) is -4.02. The number of piperidine rings is 1. The molecule has 9 nitrogen and oxygen atoms in total. The number of nitrogens with zero attached hydrogens (tertiary/aromatic N) is 4. The second-order valence-electron chi connectivity index (χ2n) is 11.0. The van der Waals surface area contributed by atoms with E-state index in [0.29, 0.717) is 37.3 Å². The number of halogens is 1. The van der Waals surface area contributed by atoms with Gasteiger partial charge >= 0.3 is 0 Å². The Kier molecular flexibility index (Phi) is 7.03. The predicted octanol–water partition coefficient (Wildman–Crippen LogP) is 3.43. The maximum absolute atomic E-state index is 13.9. The summed E-state index contributed by atoms with van der Waals surface area (Å²) < 4.78 is 36.0. The van der Waals surface area contributed by atoms with Crippen LogP contribution in [0.1, 0.15) is 25.7 Å². The Morgan fingerprint density at radius 2 is 1.75 bits per heavy atom. The van der Waals surface area contributed by atoms with Gasteiger partial charge in [-0.15, -0.1) is 0 Å². The van der Waals surface area contributed by atoms with Crippen LogP contribution >= 0.6 is 11.6 Å². The molecule has 3 saturated heterocycles.